The fraction of sp³-hybridized carbons (Fsp3) is 0.842. The van der Waals surface area contributed by atoms with Crippen molar-refractivity contribution in [2.45, 2.75) is 70.7 Å². The van der Waals surface area contributed by atoms with Crippen LogP contribution in [0.5, 0.6) is 0 Å². The van der Waals surface area contributed by atoms with Crippen molar-refractivity contribution < 1.29 is 20.1 Å². The van der Waals surface area contributed by atoms with Crippen LogP contribution in [0, 0.1) is 28.6 Å². The minimum Gasteiger partial charge on any atom is -0.393 e. The monoisotopic (exact) mass is 320 g/mol. The maximum atomic E-state index is 12.4. The third kappa shape index (κ3) is 1.98. The van der Waals surface area contributed by atoms with Crippen molar-refractivity contribution in [1.29, 1.82) is 0 Å². The van der Waals surface area contributed by atoms with Crippen LogP contribution in [0.25, 0.3) is 0 Å². The van der Waals surface area contributed by atoms with Crippen LogP contribution in [0.1, 0.15) is 52.4 Å². The van der Waals surface area contributed by atoms with Gasteiger partial charge in [0.25, 0.3) is 0 Å². The van der Waals surface area contributed by atoms with Gasteiger partial charge < -0.3 is 15.3 Å². The number of Topliss-reactive ketones (excluding diaryl/α,β-unsaturated/α-hetero) is 1. The molecular formula is C19H28O4. The predicted octanol–water partition coefficient (Wildman–Crippen LogP) is 1.82. The molecule has 0 aromatic carbocycles. The molecule has 3 saturated carbocycles. The Morgan fingerprint density at radius 3 is 2.48 bits per heavy atom. The molecule has 0 spiro atoms. The van der Waals surface area contributed by atoms with E-state index < -0.39 is 17.6 Å². The summed E-state index contributed by atoms with van der Waals surface area (Å²) in [6.45, 7) is 4.26. The van der Waals surface area contributed by atoms with E-state index in [2.05, 4.69) is 6.92 Å². The molecule has 3 fully saturated rings. The zero-order valence-electron chi connectivity index (χ0n) is 14.0. The number of hydrogen-bond acceptors (Lipinski definition) is 4. The summed E-state index contributed by atoms with van der Waals surface area (Å²) in [7, 11) is 0. The van der Waals surface area contributed by atoms with Gasteiger partial charge in [0.05, 0.1) is 18.3 Å². The van der Waals surface area contributed by atoms with Gasteiger partial charge in [0.15, 0.2) is 0 Å². The number of carbonyl (C=O) groups excluding carboxylic acids is 1. The quantitative estimate of drug-likeness (QED) is 0.595. The first-order chi connectivity index (χ1) is 10.8. The molecule has 8 atom stereocenters. The van der Waals surface area contributed by atoms with Gasteiger partial charge in [-0.3, -0.25) is 4.79 Å². The molecule has 4 aliphatic rings. The van der Waals surface area contributed by atoms with Crippen molar-refractivity contribution in [3.8, 4) is 0 Å². The molecule has 0 saturated heterocycles. The van der Waals surface area contributed by atoms with E-state index in [1.165, 1.54) is 5.57 Å². The summed E-state index contributed by atoms with van der Waals surface area (Å²) >= 11 is 0. The van der Waals surface area contributed by atoms with E-state index in [4.69, 9.17) is 0 Å². The summed E-state index contributed by atoms with van der Waals surface area (Å²) in [5.74, 6) is 0.285. The lowest BCUT2D eigenvalue weighted by atomic mass is 9.47. The predicted molar refractivity (Wildman–Crippen MR) is 85.5 cm³/mol. The first-order valence-corrected chi connectivity index (χ1v) is 9.06. The molecule has 4 nitrogen and oxygen atoms in total. The molecule has 0 radical (unpaired) electrons. The molecule has 0 bridgehead atoms. The molecule has 0 aromatic rings. The number of hydrogen-bond donors (Lipinski definition) is 3. The van der Waals surface area contributed by atoms with E-state index in [1.54, 1.807) is 0 Å². The summed E-state index contributed by atoms with van der Waals surface area (Å²) in [4.78, 5) is 12.4. The topological polar surface area (TPSA) is 77.8 Å². The molecule has 23 heavy (non-hydrogen) atoms. The minimum absolute atomic E-state index is 0.00415. The first-order valence-electron chi connectivity index (χ1n) is 9.06. The van der Waals surface area contributed by atoms with Gasteiger partial charge in [-0.1, -0.05) is 25.5 Å². The van der Waals surface area contributed by atoms with Gasteiger partial charge in [0, 0.05) is 17.8 Å². The second-order valence-electron chi connectivity index (χ2n) is 8.86. The van der Waals surface area contributed by atoms with Gasteiger partial charge in [0.2, 0.25) is 0 Å². The van der Waals surface area contributed by atoms with Crippen molar-refractivity contribution in [3.63, 3.8) is 0 Å². The summed E-state index contributed by atoms with van der Waals surface area (Å²) in [5.41, 5.74) is 0.709. The van der Waals surface area contributed by atoms with Crippen LogP contribution in [0.4, 0.5) is 0 Å². The average Bonchev–Trinajstić information content (AvgIpc) is 2.71. The zero-order chi connectivity index (χ0) is 16.6. The summed E-state index contributed by atoms with van der Waals surface area (Å²) in [5, 5.41) is 31.4. The minimum atomic E-state index is -0.623. The lowest BCUT2D eigenvalue weighted by molar-refractivity contribution is -0.138. The highest BCUT2D eigenvalue weighted by Crippen LogP contribution is 2.63. The maximum absolute atomic E-state index is 12.4. The van der Waals surface area contributed by atoms with E-state index in [0.717, 1.165) is 25.7 Å². The fourth-order valence-corrected chi connectivity index (χ4v) is 6.46. The Morgan fingerprint density at radius 2 is 1.74 bits per heavy atom. The molecule has 0 aliphatic heterocycles. The van der Waals surface area contributed by atoms with Gasteiger partial charge in [-0.15, -0.1) is 0 Å². The Labute approximate surface area is 137 Å². The van der Waals surface area contributed by atoms with Gasteiger partial charge in [-0.25, -0.2) is 0 Å². The highest BCUT2D eigenvalue weighted by Gasteiger charge is 2.63. The van der Waals surface area contributed by atoms with Gasteiger partial charge in [0.1, 0.15) is 5.78 Å². The highest BCUT2D eigenvalue weighted by atomic mass is 16.3. The van der Waals surface area contributed by atoms with E-state index in [9.17, 15) is 20.1 Å². The number of fused-ring (bicyclic) bond motifs is 5. The number of aliphatic hydroxyl groups excluding tert-OH is 3. The SMILES string of the molecule is C[C@]12CC[C@H](O)CC1=C[C@H](O)[C@H]1[C@@H]3[C@@H](O)CC(=O)[C@@]3(C)CC[C@@H]12. The number of carbonyl (C=O) groups is 1. The van der Waals surface area contributed by atoms with Gasteiger partial charge in [-0.2, -0.15) is 0 Å². The second-order valence-corrected chi connectivity index (χ2v) is 8.86. The van der Waals surface area contributed by atoms with Crippen LogP contribution in [0.2, 0.25) is 0 Å². The van der Waals surface area contributed by atoms with Crippen LogP contribution in [0.3, 0.4) is 0 Å². The molecule has 128 valence electrons. The van der Waals surface area contributed by atoms with E-state index in [-0.39, 0.29) is 35.6 Å². The Balaban J connectivity index is 1.77. The normalized spacial score (nSPS) is 55.7. The smallest absolute Gasteiger partial charge is 0.141 e. The second kappa shape index (κ2) is 4.90. The molecule has 0 unspecified atom stereocenters. The largest absolute Gasteiger partial charge is 0.393 e. The Bertz CT molecular complexity index is 570. The summed E-state index contributed by atoms with van der Waals surface area (Å²) < 4.78 is 0. The third-order valence-electron chi connectivity index (χ3n) is 7.81. The zero-order valence-corrected chi connectivity index (χ0v) is 14.0. The van der Waals surface area contributed by atoms with Crippen molar-refractivity contribution in [3.05, 3.63) is 11.6 Å². The lowest BCUT2D eigenvalue weighted by Crippen LogP contribution is -2.56. The Morgan fingerprint density at radius 1 is 1.04 bits per heavy atom. The maximum Gasteiger partial charge on any atom is 0.141 e. The Kier molecular flexibility index (Phi) is 3.37. The van der Waals surface area contributed by atoms with E-state index >= 15 is 0 Å². The molecule has 4 rings (SSSR count). The first kappa shape index (κ1) is 15.8. The molecule has 0 amide bonds. The van der Waals surface area contributed by atoms with Gasteiger partial charge >= 0.3 is 0 Å². The van der Waals surface area contributed by atoms with Crippen molar-refractivity contribution >= 4 is 5.78 Å². The van der Waals surface area contributed by atoms with Crippen molar-refractivity contribution in [2.75, 3.05) is 0 Å². The van der Waals surface area contributed by atoms with Crippen LogP contribution in [-0.2, 0) is 4.79 Å². The highest BCUT2D eigenvalue weighted by molar-refractivity contribution is 5.88. The number of aliphatic hydroxyl groups is 3. The summed E-state index contributed by atoms with van der Waals surface area (Å²) in [6, 6.07) is 0. The number of ketones is 1. The summed E-state index contributed by atoms with van der Waals surface area (Å²) in [6.07, 6.45) is 4.77. The third-order valence-corrected chi connectivity index (χ3v) is 7.81. The standard InChI is InChI=1S/C19H28O4/c1-18-5-3-11(20)7-10(18)8-13(21)16-12(18)4-6-19(2)15(23)9-14(22)17(16)19/h8,11-14,16-17,20-22H,3-7,9H2,1-2H3/t11-,12-,13-,14-,16-,17-,18-,19+/m0/s1. The van der Waals surface area contributed by atoms with Crippen LogP contribution in [-0.4, -0.2) is 39.4 Å². The lowest BCUT2D eigenvalue weighted by Gasteiger charge is -2.58. The van der Waals surface area contributed by atoms with Gasteiger partial charge in [-0.05, 0) is 49.4 Å². The van der Waals surface area contributed by atoms with Crippen LogP contribution >= 0.6 is 0 Å². The number of rotatable bonds is 0. The van der Waals surface area contributed by atoms with Crippen LogP contribution in [0.15, 0.2) is 11.6 Å². The molecular weight excluding hydrogens is 292 g/mol. The van der Waals surface area contributed by atoms with Crippen molar-refractivity contribution in [1.82, 2.24) is 0 Å². The molecule has 3 N–H and O–H groups in total. The molecule has 0 aromatic heterocycles. The van der Waals surface area contributed by atoms with E-state index in [0.29, 0.717) is 12.3 Å². The fourth-order valence-electron chi connectivity index (χ4n) is 6.46. The van der Waals surface area contributed by atoms with Crippen molar-refractivity contribution in [2.24, 2.45) is 28.6 Å². The Hall–Kier alpha value is -0.710. The molecule has 0 heterocycles. The van der Waals surface area contributed by atoms with E-state index in [1.807, 2.05) is 13.0 Å². The molecule has 4 heteroatoms. The molecule has 4 aliphatic carbocycles. The van der Waals surface area contributed by atoms with Crippen LogP contribution < -0.4 is 0 Å². The average molecular weight is 320 g/mol.